The third kappa shape index (κ3) is 2.32. The number of fused-ring (bicyclic) bond motifs is 1. The van der Waals surface area contributed by atoms with E-state index in [0.29, 0.717) is 5.41 Å². The van der Waals surface area contributed by atoms with Crippen LogP contribution in [0.25, 0.3) is 10.9 Å². The molecule has 4 rings (SSSR count). The quantitative estimate of drug-likeness (QED) is 0.788. The summed E-state index contributed by atoms with van der Waals surface area (Å²) in [5, 5.41) is 4.98. The molecule has 2 aliphatic heterocycles. The predicted molar refractivity (Wildman–Crippen MR) is 88.6 cm³/mol. The van der Waals surface area contributed by atoms with Gasteiger partial charge in [0.1, 0.15) is 11.3 Å². The maximum atomic E-state index is 13.0. The summed E-state index contributed by atoms with van der Waals surface area (Å²) in [6.45, 7) is 3.70. The van der Waals surface area contributed by atoms with Crippen molar-refractivity contribution in [2.45, 2.75) is 19.3 Å². The smallest absolute Gasteiger partial charge is 0.188 e. The summed E-state index contributed by atoms with van der Waals surface area (Å²) in [7, 11) is 0. The van der Waals surface area contributed by atoms with Gasteiger partial charge in [-0.05, 0) is 40.6 Å². The summed E-state index contributed by atoms with van der Waals surface area (Å²) < 4.78 is 20.6. The molecule has 2 fully saturated rings. The lowest BCUT2D eigenvalue weighted by Crippen LogP contribution is -2.40. The topological polar surface area (TPSA) is 43.2 Å². The number of pyridine rings is 1. The third-order valence-corrected chi connectivity index (χ3v) is 5.87. The van der Waals surface area contributed by atoms with Crippen molar-refractivity contribution < 1.29 is 8.62 Å². The molecule has 0 atom stereocenters. The van der Waals surface area contributed by atoms with Crippen LogP contribution in [0.5, 0.6) is 0 Å². The van der Waals surface area contributed by atoms with E-state index in [-0.39, 0.29) is 12.3 Å². The first-order valence-electron chi connectivity index (χ1n) is 7.36. The van der Waals surface area contributed by atoms with Gasteiger partial charge in [0.05, 0.1) is 22.7 Å². The Hall–Kier alpha value is -0.860. The summed E-state index contributed by atoms with van der Waals surface area (Å²) >= 11 is 3.54. The molecule has 4 heterocycles. The highest BCUT2D eigenvalue weighted by Gasteiger charge is 2.38. The van der Waals surface area contributed by atoms with Crippen LogP contribution in [0.2, 0.25) is 0 Å². The van der Waals surface area contributed by atoms with Crippen LogP contribution in [-0.2, 0) is 4.74 Å². The summed E-state index contributed by atoms with van der Waals surface area (Å²) in [6.07, 6.45) is 6.84. The van der Waals surface area contributed by atoms with Gasteiger partial charge in [-0.25, -0.2) is 4.98 Å². The van der Waals surface area contributed by atoms with Gasteiger partial charge in [-0.3, -0.25) is 0 Å². The molecule has 1 spiro atoms. The molecule has 2 aromatic heterocycles. The molecule has 22 heavy (non-hydrogen) atoms. The van der Waals surface area contributed by atoms with E-state index >= 15 is 0 Å². The van der Waals surface area contributed by atoms with Crippen LogP contribution in [-0.4, -0.2) is 40.5 Å². The average molecular weight is 387 g/mol. The zero-order valence-electron chi connectivity index (χ0n) is 12.0. The first-order chi connectivity index (χ1) is 10.7. The summed E-state index contributed by atoms with van der Waals surface area (Å²) in [5.41, 5.74) is 1.10. The lowest BCUT2D eigenvalue weighted by atomic mass is 9.78. The minimum atomic E-state index is 0.102. The molecular weight excluding hydrogens is 371 g/mol. The van der Waals surface area contributed by atoms with E-state index in [9.17, 15) is 3.89 Å². The van der Waals surface area contributed by atoms with Gasteiger partial charge in [0.25, 0.3) is 0 Å². The first kappa shape index (κ1) is 14.7. The Kier molecular flexibility index (Phi) is 3.78. The Morgan fingerprint density at radius 1 is 1.27 bits per heavy atom. The third-order valence-electron chi connectivity index (χ3n) is 4.88. The van der Waals surface area contributed by atoms with Gasteiger partial charge in [0.2, 0.25) is 0 Å². The van der Waals surface area contributed by atoms with Crippen molar-refractivity contribution in [2.75, 3.05) is 31.2 Å². The van der Waals surface area contributed by atoms with E-state index in [1.54, 1.807) is 12.4 Å². The lowest BCUT2D eigenvalue weighted by Gasteiger charge is -2.39. The minimum Gasteiger partial charge on any atom is -0.381 e. The number of anilines is 1. The van der Waals surface area contributed by atoms with Gasteiger partial charge in [-0.1, -0.05) is 0 Å². The van der Waals surface area contributed by atoms with Crippen LogP contribution in [0.1, 0.15) is 19.3 Å². The lowest BCUT2D eigenvalue weighted by molar-refractivity contribution is 0.133. The summed E-state index contributed by atoms with van der Waals surface area (Å²) in [6, 6.07) is 0. The van der Waals surface area contributed by atoms with Crippen molar-refractivity contribution in [1.82, 2.24) is 14.2 Å². The molecule has 0 aromatic carbocycles. The Labute approximate surface area is 140 Å². The average Bonchev–Trinajstić information content (AvgIpc) is 3.17. The zero-order chi connectivity index (χ0) is 15.2. The predicted octanol–water partition coefficient (Wildman–Crippen LogP) is 3.58. The van der Waals surface area contributed by atoms with Crippen LogP contribution < -0.4 is 4.90 Å². The van der Waals surface area contributed by atoms with Crippen molar-refractivity contribution in [1.29, 1.82) is 0 Å². The Balaban J connectivity index is 1.65. The highest BCUT2D eigenvalue weighted by molar-refractivity contribution is 9.10. The van der Waals surface area contributed by atoms with E-state index in [4.69, 9.17) is 4.74 Å². The molecule has 118 valence electrons. The first-order valence-corrected chi connectivity index (χ1v) is 8.83. The monoisotopic (exact) mass is 386 g/mol. The molecular formula is C14H16BrFN4OS. The molecule has 0 unspecified atom stereocenters. The molecule has 0 aliphatic carbocycles. The van der Waals surface area contributed by atoms with E-state index in [1.165, 1.54) is 10.5 Å². The highest BCUT2D eigenvalue weighted by Crippen LogP contribution is 2.41. The van der Waals surface area contributed by atoms with Gasteiger partial charge in [-0.2, -0.15) is 9.19 Å². The minimum absolute atomic E-state index is 0.102. The van der Waals surface area contributed by atoms with Crippen LogP contribution in [0.4, 0.5) is 9.70 Å². The fourth-order valence-corrected chi connectivity index (χ4v) is 4.46. The zero-order valence-corrected chi connectivity index (χ0v) is 14.4. The van der Waals surface area contributed by atoms with Gasteiger partial charge in [-0.15, -0.1) is 3.89 Å². The number of halogens is 2. The Morgan fingerprint density at radius 2 is 2.09 bits per heavy atom. The molecule has 0 radical (unpaired) electrons. The molecule has 2 saturated heterocycles. The highest BCUT2D eigenvalue weighted by atomic mass is 79.9. The fraction of sp³-hybridized carbons (Fsp3) is 0.571. The van der Waals surface area contributed by atoms with Crippen LogP contribution >= 0.6 is 28.3 Å². The van der Waals surface area contributed by atoms with Crippen molar-refractivity contribution >= 4 is 45.0 Å². The maximum absolute atomic E-state index is 13.0. The second kappa shape index (κ2) is 5.65. The largest absolute Gasteiger partial charge is 0.381 e. The van der Waals surface area contributed by atoms with Crippen LogP contribution in [0.15, 0.2) is 16.9 Å². The molecule has 2 aliphatic rings. The second-order valence-electron chi connectivity index (χ2n) is 6.07. The number of piperidine rings is 1. The van der Waals surface area contributed by atoms with E-state index in [1.807, 2.05) is 0 Å². The molecule has 0 bridgehead atoms. The van der Waals surface area contributed by atoms with E-state index in [2.05, 4.69) is 30.9 Å². The Bertz CT molecular complexity index is 693. The maximum Gasteiger partial charge on any atom is 0.188 e. The van der Waals surface area contributed by atoms with Crippen molar-refractivity contribution in [3.05, 3.63) is 16.9 Å². The molecule has 0 N–H and O–H groups in total. The number of hydrogen-bond donors (Lipinski definition) is 0. The van der Waals surface area contributed by atoms with Gasteiger partial charge < -0.3 is 9.64 Å². The fourth-order valence-electron chi connectivity index (χ4n) is 3.51. The molecule has 2 aromatic rings. The number of ether oxygens (including phenoxy) is 1. The van der Waals surface area contributed by atoms with Gasteiger partial charge >= 0.3 is 0 Å². The molecule has 5 nitrogen and oxygen atoms in total. The van der Waals surface area contributed by atoms with Crippen LogP contribution in [0.3, 0.4) is 0 Å². The summed E-state index contributed by atoms with van der Waals surface area (Å²) in [4.78, 5) is 6.84. The van der Waals surface area contributed by atoms with Crippen LogP contribution in [0, 0.1) is 5.41 Å². The number of nitrogens with zero attached hydrogens (tertiary/aromatic N) is 4. The molecule has 0 saturated carbocycles. The van der Waals surface area contributed by atoms with Crippen molar-refractivity contribution in [2.24, 2.45) is 5.41 Å². The summed E-state index contributed by atoms with van der Waals surface area (Å²) in [5.74, 6) is 0.896. The van der Waals surface area contributed by atoms with E-state index in [0.717, 1.165) is 60.3 Å². The van der Waals surface area contributed by atoms with Crippen molar-refractivity contribution in [3.8, 4) is 0 Å². The molecule has 8 heteroatoms. The number of aromatic nitrogens is 3. The van der Waals surface area contributed by atoms with Crippen molar-refractivity contribution in [3.63, 3.8) is 0 Å². The second-order valence-corrected chi connectivity index (χ2v) is 7.41. The van der Waals surface area contributed by atoms with Gasteiger partial charge in [0, 0.05) is 25.9 Å². The standard InChI is InChI=1S/C14H16BrFN4OS/c15-11-8-17-13(10-7-18-20(22-16)12(10)11)19-4-1-14(2-5-19)3-6-21-9-14/h7-8H,1-6,9H2. The SMILES string of the molecule is FSn1ncc2c(N3CCC4(CCOC4)CC3)ncc(Br)c21. The number of rotatable bonds is 2. The Morgan fingerprint density at radius 3 is 2.77 bits per heavy atom. The van der Waals surface area contributed by atoms with E-state index < -0.39 is 0 Å². The molecule has 0 amide bonds. The number of hydrogen-bond acceptors (Lipinski definition) is 5. The van der Waals surface area contributed by atoms with Gasteiger partial charge in [0.15, 0.2) is 12.3 Å². The normalized spacial score (nSPS) is 21.1.